The summed E-state index contributed by atoms with van der Waals surface area (Å²) in [5.41, 5.74) is 4.26. The summed E-state index contributed by atoms with van der Waals surface area (Å²) in [4.78, 5) is 107. The molecule has 2 amide bonds. The molecule has 37 heteroatoms. The zero-order valence-corrected chi connectivity index (χ0v) is 41.6. The fraction of sp³-hybridized carbons (Fsp3) is 0.684. The number of nitrogens with two attached hydrogens (primary N) is 1. The van der Waals surface area contributed by atoms with Crippen molar-refractivity contribution in [2.24, 2.45) is 20.7 Å². The van der Waals surface area contributed by atoms with Crippen LogP contribution in [0.25, 0.3) is 0 Å². The molecule has 0 aromatic carbocycles. The number of carbonyl (C=O) groups excluding carboxylic acids is 2. The van der Waals surface area contributed by atoms with E-state index in [1.807, 2.05) is 0 Å². The monoisotopic (exact) mass is 1120 g/mol. The summed E-state index contributed by atoms with van der Waals surface area (Å²) in [6, 6.07) is -9.19. The quantitative estimate of drug-likeness (QED) is 0.0201. The highest BCUT2D eigenvalue weighted by atomic mass is 31.3. The standard InChI is InChI=1S/C38H60N8O27P2/c1-14(30(54)44-20(36(61)62)8-9-23(49)43-19(7-5-6-18(39)35(59)60)32(56)41-15(2)34(57)58)40-31(55)16(3)69-29-25(42-17(4)48)37(71-21(12-47)27(29)52)72-75(66,67)73-74(64,65)68-13-22-26(51)28(53)33(70-22)46-11-10-24(50)45-38(46)63/h10-11,14-16,18-22,25-29,33,37,47,51-53H,5-9,12-13,39H2,1-4H3,(H,40,55)(H,41,56)(H,42,48)(H,43,49)(H,44,54)(H,57,58)(H,59,60)(H,61,62)(H,64,65)(H,66,67)(H,45,50,63)/p-4/t14-,15+,16?,18+,19-,20+,21+,22+,25+,26+,27+,28+,29+,33+,37?/m0/s1. The van der Waals surface area contributed by atoms with E-state index in [2.05, 4.69) is 39.4 Å². The number of carboxylic acid groups (broad SMARTS) is 3. The van der Waals surface area contributed by atoms with Crippen LogP contribution in [-0.4, -0.2) is 201 Å². The first-order chi connectivity index (χ1) is 34.8. The summed E-state index contributed by atoms with van der Waals surface area (Å²) in [5.74, 6) is -11.2. The van der Waals surface area contributed by atoms with Crippen molar-refractivity contribution >= 4 is 63.1 Å². The molecule has 3 rings (SSSR count). The third kappa shape index (κ3) is 19.2. The van der Waals surface area contributed by atoms with Crippen molar-refractivity contribution in [1.29, 1.82) is 0 Å². The van der Waals surface area contributed by atoms with Crippen molar-refractivity contribution in [3.05, 3.63) is 22.7 Å². The lowest BCUT2D eigenvalue weighted by molar-refractivity contribution is -0.275. The zero-order chi connectivity index (χ0) is 56.9. The van der Waals surface area contributed by atoms with E-state index in [1.165, 1.54) is 0 Å². The number of aliphatic hydroxyl groups is 4. The van der Waals surface area contributed by atoms with Gasteiger partial charge in [-0.05, 0) is 89.4 Å². The number of hydrogen-bond acceptors (Lipinski definition) is 27. The number of rotatable bonds is 29. The average molecular weight is 1120 g/mol. The van der Waals surface area contributed by atoms with Gasteiger partial charge in [0.25, 0.3) is 0 Å². The second kappa shape index (κ2) is 28.0. The van der Waals surface area contributed by atoms with Crippen LogP contribution in [0.1, 0.15) is 66.0 Å². The fourth-order valence-corrected chi connectivity index (χ4v) is 8.94. The molecular formula is C38H56N8O27P2-4. The maximum Gasteiger partial charge on any atom is 0.483 e. The van der Waals surface area contributed by atoms with Gasteiger partial charge in [0, 0.05) is 6.20 Å². The Labute approximate surface area is 423 Å². The Morgan fingerprint density at radius 2 is 1.51 bits per heavy atom. The third-order valence-corrected chi connectivity index (χ3v) is 13.3. The number of ether oxygens (including phenoxy) is 3. The lowest BCUT2D eigenvalue weighted by atomic mass is 9.97. The van der Waals surface area contributed by atoms with Gasteiger partial charge in [-0.25, -0.2) is 23.7 Å². The van der Waals surface area contributed by atoms with Gasteiger partial charge < -0.3 is 96.5 Å². The van der Waals surface area contributed by atoms with E-state index in [0.29, 0.717) is 4.57 Å². The Hall–Kier alpha value is -5.62. The Kier molecular flexibility index (Phi) is 23.7. The van der Waals surface area contributed by atoms with E-state index in [-0.39, 0.29) is 19.3 Å². The van der Waals surface area contributed by atoms with Gasteiger partial charge in [-0.3, -0.25) is 47.8 Å². The molecular weight excluding hydrogens is 1060 g/mol. The van der Waals surface area contributed by atoms with Gasteiger partial charge in [-0.2, -0.15) is 4.31 Å². The summed E-state index contributed by atoms with van der Waals surface area (Å²) in [5, 5.41) is 123. The predicted octanol–water partition coefficient (Wildman–Crippen LogP) is -8.02. The Morgan fingerprint density at radius 1 is 0.867 bits per heavy atom. The summed E-state index contributed by atoms with van der Waals surface area (Å²) in [7, 11) is -11.8. The van der Waals surface area contributed by atoms with Crippen LogP contribution in [-0.2, 0) is 60.7 Å². The average Bonchev–Trinajstić information content (AvgIpc) is 3.58. The van der Waals surface area contributed by atoms with E-state index in [4.69, 9.17) is 34.7 Å². The van der Waals surface area contributed by atoms with Gasteiger partial charge >= 0.3 is 39.2 Å². The highest BCUT2D eigenvalue weighted by molar-refractivity contribution is 7.61. The Balaban J connectivity index is 1.71. The normalized spacial score (nSPS) is 27.6. The van der Waals surface area contributed by atoms with Crippen LogP contribution in [0.2, 0.25) is 0 Å². The molecule has 13 N–H and O–H groups in total. The summed E-state index contributed by atoms with van der Waals surface area (Å²) >= 11 is 0. The molecule has 0 radical (unpaired) electrons. The van der Waals surface area contributed by atoms with Crippen molar-refractivity contribution in [2.45, 2.75) is 151 Å². The second-order valence-corrected chi connectivity index (χ2v) is 19.6. The van der Waals surface area contributed by atoms with Crippen LogP contribution in [0.5, 0.6) is 5.88 Å². The molecule has 2 fully saturated rings. The van der Waals surface area contributed by atoms with Crippen LogP contribution >= 0.6 is 15.6 Å². The molecule has 0 aliphatic carbocycles. The van der Waals surface area contributed by atoms with Crippen LogP contribution in [0.4, 0.5) is 0 Å². The van der Waals surface area contributed by atoms with Crippen molar-refractivity contribution in [3.8, 4) is 5.88 Å². The summed E-state index contributed by atoms with van der Waals surface area (Å²) < 4.78 is 56.6. The molecule has 2 saturated heterocycles. The van der Waals surface area contributed by atoms with Crippen LogP contribution in [0.3, 0.4) is 0 Å². The lowest BCUT2D eigenvalue weighted by Gasteiger charge is -2.43. The van der Waals surface area contributed by atoms with Gasteiger partial charge in [-0.15, -0.1) is 0 Å². The predicted molar refractivity (Wildman–Crippen MR) is 236 cm³/mol. The Bertz CT molecular complexity index is 2430. The molecule has 1 aromatic rings. The van der Waals surface area contributed by atoms with Crippen molar-refractivity contribution < 1.29 is 127 Å². The van der Waals surface area contributed by atoms with Gasteiger partial charge in [0.2, 0.25) is 11.8 Å². The number of nitrogens with zero attached hydrogens (tertiary/aromatic N) is 5. The van der Waals surface area contributed by atoms with Gasteiger partial charge in [-0.1, -0.05) is 0 Å². The molecule has 17 atom stereocenters. The number of aliphatic carboxylic acids is 3. The van der Waals surface area contributed by atoms with Crippen molar-refractivity contribution in [3.63, 3.8) is 0 Å². The van der Waals surface area contributed by atoms with Crippen molar-refractivity contribution in [2.75, 3.05) is 13.2 Å². The second-order valence-electron chi connectivity index (χ2n) is 16.6. The highest BCUT2D eigenvalue weighted by Gasteiger charge is 2.52. The zero-order valence-electron chi connectivity index (χ0n) is 39.8. The largest absolute Gasteiger partial charge is 0.862 e. The van der Waals surface area contributed by atoms with Crippen LogP contribution < -0.4 is 42.5 Å². The first-order valence-corrected chi connectivity index (χ1v) is 25.1. The number of phosphoric acid groups is 2. The number of hydrogen-bond donors (Lipinski definition) is 12. The third-order valence-electron chi connectivity index (χ3n) is 10.7. The maximum absolute atomic E-state index is 13.3. The molecule has 424 valence electrons. The minimum absolute atomic E-state index is 0.0613. The van der Waals surface area contributed by atoms with Crippen LogP contribution in [0, 0.1) is 0 Å². The van der Waals surface area contributed by atoms with E-state index in [0.717, 1.165) is 40.0 Å². The molecule has 0 spiro atoms. The van der Waals surface area contributed by atoms with Gasteiger partial charge in [0.15, 0.2) is 12.5 Å². The number of aliphatic hydroxyl groups excluding tert-OH is 4. The minimum Gasteiger partial charge on any atom is -0.862 e. The van der Waals surface area contributed by atoms with E-state index in [9.17, 15) is 93.6 Å². The van der Waals surface area contributed by atoms with Crippen LogP contribution in [0.15, 0.2) is 32.0 Å². The summed E-state index contributed by atoms with van der Waals surface area (Å²) in [6.45, 7) is 1.69. The Morgan fingerprint density at radius 3 is 2.08 bits per heavy atom. The molecule has 1 aromatic heterocycles. The first-order valence-electron chi connectivity index (χ1n) is 22.1. The molecule has 3 heterocycles. The summed E-state index contributed by atoms with van der Waals surface area (Å²) in [6.07, 6.45) is -18.5. The van der Waals surface area contributed by atoms with E-state index >= 15 is 0 Å². The number of carbonyl (C=O) groups is 5. The maximum atomic E-state index is 13.3. The molecule has 35 nitrogen and oxygen atoms in total. The van der Waals surface area contributed by atoms with Crippen molar-refractivity contribution in [1.82, 2.24) is 20.2 Å². The SMILES string of the molecule is CC([O-])=N[C@H]1C(OP(=O)(O)OP(=O)(O)OC[C@H]2O[C@@H](n3ccc([O-])nc3=O)[C@H](O)[C@@H]2O)O[C@H](CO)[C@@H](O)[C@@H]1OC(C)C(=O)N[C@@H](C)C([O-])=N[C@H](CCC([O-])=N[C@@H](CCC[C@@H](N)C(=O)O)C(=O)N[C@H](C)C(=O)O)C(=O)O. The van der Waals surface area contributed by atoms with Gasteiger partial charge in [0.05, 0.1) is 19.3 Å². The number of nitrogens with one attached hydrogen (secondary N) is 2. The topological polar surface area (TPSA) is 571 Å². The fourth-order valence-electron chi connectivity index (χ4n) is 6.78. The number of aromatic nitrogens is 2. The van der Waals surface area contributed by atoms with E-state index < -0.39 is 192 Å². The molecule has 75 heavy (non-hydrogen) atoms. The number of aliphatic imine (C=N–C) groups is 3. The first kappa shape index (κ1) is 63.7. The van der Waals surface area contributed by atoms with E-state index in [1.54, 1.807) is 0 Å². The number of phosphoric ester groups is 2. The molecule has 0 bridgehead atoms. The molecule has 0 saturated carbocycles. The smallest absolute Gasteiger partial charge is 0.483 e. The molecule has 2 aliphatic rings. The molecule has 4 unspecified atom stereocenters. The highest BCUT2D eigenvalue weighted by Crippen LogP contribution is 2.61. The van der Waals surface area contributed by atoms with Gasteiger partial charge in [0.1, 0.15) is 72.9 Å². The molecule has 2 aliphatic heterocycles. The minimum atomic E-state index is -5.98. The number of amides is 2. The lowest BCUT2D eigenvalue weighted by Crippen LogP contribution is -2.61. The number of carboxylic acids is 3.